The minimum absolute atomic E-state index is 0.227. The van der Waals surface area contributed by atoms with E-state index in [1.165, 1.54) is 13.3 Å². The number of ether oxygens (including phenoxy) is 1. The predicted octanol–water partition coefficient (Wildman–Crippen LogP) is 6.03. The van der Waals surface area contributed by atoms with Gasteiger partial charge in [-0.3, -0.25) is 4.79 Å². The third-order valence-electron chi connectivity index (χ3n) is 5.07. The lowest BCUT2D eigenvalue weighted by Gasteiger charge is -2.10. The number of pyridine rings is 1. The van der Waals surface area contributed by atoms with Crippen LogP contribution in [0.4, 0.5) is 5.69 Å². The third kappa shape index (κ3) is 5.02. The van der Waals surface area contributed by atoms with Gasteiger partial charge in [-0.15, -0.1) is 0 Å². The molecular weight excluding hydrogens is 440 g/mol. The Balaban J connectivity index is 1.57. The molecular formula is C26H19ClN2O4. The van der Waals surface area contributed by atoms with Gasteiger partial charge in [-0.25, -0.2) is 9.78 Å². The molecule has 0 fully saturated rings. The largest absolute Gasteiger partial charge is 0.481 e. The molecule has 1 amide bonds. The van der Waals surface area contributed by atoms with Crippen molar-refractivity contribution in [1.29, 1.82) is 0 Å². The van der Waals surface area contributed by atoms with Gasteiger partial charge in [0.1, 0.15) is 0 Å². The molecule has 33 heavy (non-hydrogen) atoms. The first-order valence-corrected chi connectivity index (χ1v) is 10.4. The van der Waals surface area contributed by atoms with E-state index in [0.717, 1.165) is 16.7 Å². The molecule has 0 bridgehead atoms. The second kappa shape index (κ2) is 9.54. The average Bonchev–Trinajstić information content (AvgIpc) is 2.85. The fourth-order valence-electron chi connectivity index (χ4n) is 3.34. The number of halogens is 1. The Kier molecular flexibility index (Phi) is 6.38. The molecule has 3 aromatic carbocycles. The highest BCUT2D eigenvalue weighted by atomic mass is 35.5. The molecule has 2 N–H and O–H groups in total. The zero-order valence-electron chi connectivity index (χ0n) is 17.6. The second-order valence-corrected chi connectivity index (χ2v) is 7.61. The van der Waals surface area contributed by atoms with E-state index < -0.39 is 5.97 Å². The highest BCUT2D eigenvalue weighted by Gasteiger charge is 2.12. The maximum absolute atomic E-state index is 12.7. The Morgan fingerprint density at radius 2 is 1.64 bits per heavy atom. The van der Waals surface area contributed by atoms with Gasteiger partial charge in [0.15, 0.2) is 0 Å². The molecule has 0 atom stereocenters. The molecule has 1 aromatic heterocycles. The highest BCUT2D eigenvalue weighted by molar-refractivity contribution is 6.33. The molecule has 1 heterocycles. The Morgan fingerprint density at radius 1 is 0.879 bits per heavy atom. The number of aromatic nitrogens is 1. The minimum atomic E-state index is -0.972. The Labute approximate surface area is 195 Å². The van der Waals surface area contributed by atoms with Gasteiger partial charge in [-0.2, -0.15) is 0 Å². The van der Waals surface area contributed by atoms with Crippen molar-refractivity contribution in [2.45, 2.75) is 0 Å². The molecule has 164 valence electrons. The number of carboxylic acids is 1. The van der Waals surface area contributed by atoms with Crippen molar-refractivity contribution in [3.8, 4) is 28.1 Å². The number of carbonyl (C=O) groups is 2. The molecule has 0 aliphatic rings. The van der Waals surface area contributed by atoms with Crippen molar-refractivity contribution < 1.29 is 19.4 Å². The van der Waals surface area contributed by atoms with Gasteiger partial charge < -0.3 is 15.2 Å². The Hall–Kier alpha value is -4.16. The first-order chi connectivity index (χ1) is 15.9. The van der Waals surface area contributed by atoms with Gasteiger partial charge in [0, 0.05) is 22.2 Å². The molecule has 6 nitrogen and oxygen atoms in total. The molecule has 4 rings (SSSR count). The summed E-state index contributed by atoms with van der Waals surface area (Å²) in [4.78, 5) is 28.0. The molecule has 0 saturated heterocycles. The van der Waals surface area contributed by atoms with Crippen LogP contribution in [0.25, 0.3) is 22.3 Å². The van der Waals surface area contributed by atoms with Gasteiger partial charge in [0.05, 0.1) is 24.6 Å². The number of rotatable bonds is 6. The predicted molar refractivity (Wildman–Crippen MR) is 128 cm³/mol. The summed E-state index contributed by atoms with van der Waals surface area (Å²) >= 11 is 6.42. The average molecular weight is 459 g/mol. The molecule has 0 spiro atoms. The first kappa shape index (κ1) is 22.0. The van der Waals surface area contributed by atoms with Crippen LogP contribution in [-0.2, 0) is 0 Å². The first-order valence-electron chi connectivity index (χ1n) is 10.00. The zero-order chi connectivity index (χ0) is 23.4. The van der Waals surface area contributed by atoms with Crippen molar-refractivity contribution in [2.24, 2.45) is 0 Å². The normalized spacial score (nSPS) is 10.5. The van der Waals surface area contributed by atoms with E-state index >= 15 is 0 Å². The molecule has 7 heteroatoms. The van der Waals surface area contributed by atoms with Crippen LogP contribution in [0, 0.1) is 0 Å². The lowest BCUT2D eigenvalue weighted by Crippen LogP contribution is -2.12. The van der Waals surface area contributed by atoms with Crippen LogP contribution < -0.4 is 10.1 Å². The van der Waals surface area contributed by atoms with E-state index in [4.69, 9.17) is 16.3 Å². The number of methoxy groups -OCH3 is 1. The highest BCUT2D eigenvalue weighted by Crippen LogP contribution is 2.31. The summed E-state index contributed by atoms with van der Waals surface area (Å²) in [5.41, 5.74) is 4.44. The molecule has 0 saturated carbocycles. The maximum Gasteiger partial charge on any atom is 0.335 e. The summed E-state index contributed by atoms with van der Waals surface area (Å²) in [6.07, 6.45) is 1.52. The summed E-state index contributed by atoms with van der Waals surface area (Å²) in [5.74, 6) is -0.803. The number of benzene rings is 3. The molecule has 0 aliphatic heterocycles. The lowest BCUT2D eigenvalue weighted by atomic mass is 9.98. The van der Waals surface area contributed by atoms with Crippen LogP contribution in [0.3, 0.4) is 0 Å². The van der Waals surface area contributed by atoms with Crippen LogP contribution in [-0.4, -0.2) is 29.1 Å². The summed E-state index contributed by atoms with van der Waals surface area (Å²) in [6, 6.07) is 22.7. The number of aromatic carboxylic acids is 1. The molecule has 0 unspecified atom stereocenters. The van der Waals surface area contributed by atoms with E-state index in [-0.39, 0.29) is 11.5 Å². The van der Waals surface area contributed by atoms with E-state index in [1.807, 2.05) is 30.3 Å². The number of hydrogen-bond donors (Lipinski definition) is 2. The van der Waals surface area contributed by atoms with Gasteiger partial charge in [-0.1, -0.05) is 48.0 Å². The second-order valence-electron chi connectivity index (χ2n) is 7.20. The molecule has 4 aromatic rings. The third-order valence-corrected chi connectivity index (χ3v) is 5.40. The smallest absolute Gasteiger partial charge is 0.335 e. The quantitative estimate of drug-likeness (QED) is 0.368. The number of carboxylic acid groups (broad SMARTS) is 1. The Morgan fingerprint density at radius 3 is 2.30 bits per heavy atom. The van der Waals surface area contributed by atoms with Crippen LogP contribution in [0.1, 0.15) is 20.7 Å². The van der Waals surface area contributed by atoms with Crippen LogP contribution in [0.2, 0.25) is 5.02 Å². The van der Waals surface area contributed by atoms with Crippen LogP contribution in [0.5, 0.6) is 5.88 Å². The van der Waals surface area contributed by atoms with Crippen molar-refractivity contribution >= 4 is 29.2 Å². The standard InChI is InChI=1S/C26H19ClN2O4/c1-33-24-12-10-21(15-28-24)29-25(30)19-9-11-23(27)22(14-19)17-7-5-16(6-8-17)18-3-2-4-20(13-18)26(31)32/h2-15H,1H3,(H,29,30)(H,31,32). The number of nitrogens with zero attached hydrogens (tertiary/aromatic N) is 1. The Bertz CT molecular complexity index is 1320. The number of carbonyl (C=O) groups excluding carboxylic acids is 1. The number of nitrogens with one attached hydrogen (secondary N) is 1. The SMILES string of the molecule is COc1ccc(NC(=O)c2ccc(Cl)c(-c3ccc(-c4cccc(C(=O)O)c4)cc3)c2)cn1. The number of anilines is 1. The fourth-order valence-corrected chi connectivity index (χ4v) is 3.57. The topological polar surface area (TPSA) is 88.5 Å². The number of hydrogen-bond acceptors (Lipinski definition) is 4. The fraction of sp³-hybridized carbons (Fsp3) is 0.0385. The van der Waals surface area contributed by atoms with Crippen LogP contribution >= 0.6 is 11.6 Å². The van der Waals surface area contributed by atoms with E-state index in [2.05, 4.69) is 10.3 Å². The van der Waals surface area contributed by atoms with E-state index in [1.54, 1.807) is 48.5 Å². The lowest BCUT2D eigenvalue weighted by molar-refractivity contribution is 0.0696. The minimum Gasteiger partial charge on any atom is -0.481 e. The monoisotopic (exact) mass is 458 g/mol. The summed E-state index contributed by atoms with van der Waals surface area (Å²) in [5, 5.41) is 12.5. The summed E-state index contributed by atoms with van der Waals surface area (Å²) < 4.78 is 5.02. The van der Waals surface area contributed by atoms with Crippen molar-refractivity contribution in [2.75, 3.05) is 12.4 Å². The van der Waals surface area contributed by atoms with Gasteiger partial charge >= 0.3 is 5.97 Å². The van der Waals surface area contributed by atoms with Gasteiger partial charge in [0.25, 0.3) is 5.91 Å². The van der Waals surface area contributed by atoms with E-state index in [0.29, 0.717) is 27.7 Å². The summed E-state index contributed by atoms with van der Waals surface area (Å²) in [6.45, 7) is 0. The van der Waals surface area contributed by atoms with Gasteiger partial charge in [-0.05, 0) is 53.1 Å². The van der Waals surface area contributed by atoms with Gasteiger partial charge in [0.2, 0.25) is 5.88 Å². The number of amides is 1. The maximum atomic E-state index is 12.7. The summed E-state index contributed by atoms with van der Waals surface area (Å²) in [7, 11) is 1.52. The van der Waals surface area contributed by atoms with Crippen molar-refractivity contribution in [3.63, 3.8) is 0 Å². The van der Waals surface area contributed by atoms with Crippen LogP contribution in [0.15, 0.2) is 85.1 Å². The van der Waals surface area contributed by atoms with Crippen molar-refractivity contribution in [3.05, 3.63) is 101 Å². The molecule has 0 radical (unpaired) electrons. The van der Waals surface area contributed by atoms with E-state index in [9.17, 15) is 14.7 Å². The zero-order valence-corrected chi connectivity index (χ0v) is 18.3. The van der Waals surface area contributed by atoms with Crippen molar-refractivity contribution in [1.82, 2.24) is 4.98 Å². The molecule has 0 aliphatic carbocycles.